The van der Waals surface area contributed by atoms with E-state index in [1.807, 2.05) is 0 Å². The summed E-state index contributed by atoms with van der Waals surface area (Å²) in [6, 6.07) is 52.5. The summed E-state index contributed by atoms with van der Waals surface area (Å²) in [6.07, 6.45) is 0. The van der Waals surface area contributed by atoms with Gasteiger partial charge >= 0.3 is 0 Å². The highest BCUT2D eigenvalue weighted by atomic mass is 16.3. The first-order valence-corrected chi connectivity index (χ1v) is 14.1. The molecule has 0 aliphatic heterocycles. The zero-order valence-electron chi connectivity index (χ0n) is 22.3. The molecule has 0 saturated heterocycles. The van der Waals surface area contributed by atoms with Gasteiger partial charge in [-0.1, -0.05) is 115 Å². The Bertz CT molecular complexity index is 2410. The fourth-order valence-electron chi connectivity index (χ4n) is 6.75. The second kappa shape index (κ2) is 8.55. The third-order valence-electron chi connectivity index (χ3n) is 8.61. The molecule has 8 aromatic carbocycles. The van der Waals surface area contributed by atoms with E-state index in [1.54, 1.807) is 0 Å². The minimum Gasteiger partial charge on any atom is -0.455 e. The minimum absolute atomic E-state index is 0.920. The van der Waals surface area contributed by atoms with Crippen LogP contribution in [0.2, 0.25) is 0 Å². The van der Waals surface area contributed by atoms with Crippen LogP contribution in [0, 0.1) is 0 Å². The summed E-state index contributed by atoms with van der Waals surface area (Å²) in [5, 5.41) is 12.2. The van der Waals surface area contributed by atoms with E-state index in [0.29, 0.717) is 0 Å². The number of benzene rings is 8. The average Bonchev–Trinajstić information content (AvgIpc) is 3.43. The molecule has 1 heterocycles. The van der Waals surface area contributed by atoms with Gasteiger partial charge in [-0.15, -0.1) is 0 Å². The third-order valence-corrected chi connectivity index (χ3v) is 8.61. The van der Waals surface area contributed by atoms with Gasteiger partial charge in [0.25, 0.3) is 0 Å². The van der Waals surface area contributed by atoms with Gasteiger partial charge in [0, 0.05) is 16.2 Å². The maximum Gasteiger partial charge on any atom is 0.143 e. The second-order valence-corrected chi connectivity index (χ2v) is 10.9. The van der Waals surface area contributed by atoms with Crippen molar-refractivity contribution < 1.29 is 4.42 Å². The number of hydrogen-bond donors (Lipinski definition) is 0. The van der Waals surface area contributed by atoms with Crippen LogP contribution in [0.3, 0.4) is 0 Å². The predicted octanol–water partition coefficient (Wildman–Crippen LogP) is 11.5. The Morgan fingerprint density at radius 1 is 0.341 bits per heavy atom. The topological polar surface area (TPSA) is 13.1 Å². The van der Waals surface area contributed by atoms with Crippen molar-refractivity contribution in [1.29, 1.82) is 0 Å². The van der Waals surface area contributed by atoms with Gasteiger partial charge in [-0.3, -0.25) is 0 Å². The molecule has 0 radical (unpaired) electrons. The Balaban J connectivity index is 1.38. The first-order valence-electron chi connectivity index (χ1n) is 14.1. The fourth-order valence-corrected chi connectivity index (χ4v) is 6.75. The monoisotopic (exact) mass is 520 g/mol. The van der Waals surface area contributed by atoms with Crippen LogP contribution in [0.25, 0.3) is 87.3 Å². The van der Waals surface area contributed by atoms with Gasteiger partial charge in [0.2, 0.25) is 0 Å². The molecule has 0 fully saturated rings. The molecule has 0 spiro atoms. The zero-order chi connectivity index (χ0) is 26.9. The van der Waals surface area contributed by atoms with E-state index in [4.69, 9.17) is 4.42 Å². The molecule has 1 nitrogen and oxygen atoms in total. The molecule has 0 bridgehead atoms. The molecule has 0 atom stereocenters. The molecular weight excluding hydrogens is 496 g/mol. The highest BCUT2D eigenvalue weighted by molar-refractivity contribution is 6.31. The van der Waals surface area contributed by atoms with Crippen LogP contribution in [0.5, 0.6) is 0 Å². The highest BCUT2D eigenvalue weighted by Gasteiger charge is 2.18. The summed E-state index contributed by atoms with van der Waals surface area (Å²) in [6.45, 7) is 0. The molecule has 0 unspecified atom stereocenters. The Morgan fingerprint density at radius 2 is 0.951 bits per heavy atom. The van der Waals surface area contributed by atoms with Gasteiger partial charge in [-0.25, -0.2) is 0 Å². The van der Waals surface area contributed by atoms with Crippen molar-refractivity contribution in [3.63, 3.8) is 0 Å². The third kappa shape index (κ3) is 3.30. The largest absolute Gasteiger partial charge is 0.455 e. The summed E-state index contributed by atoms with van der Waals surface area (Å²) in [7, 11) is 0. The Morgan fingerprint density at radius 3 is 1.71 bits per heavy atom. The lowest BCUT2D eigenvalue weighted by atomic mass is 9.89. The van der Waals surface area contributed by atoms with Crippen molar-refractivity contribution in [1.82, 2.24) is 0 Å². The molecule has 0 N–H and O–H groups in total. The van der Waals surface area contributed by atoms with Crippen molar-refractivity contribution in [2.24, 2.45) is 0 Å². The van der Waals surface area contributed by atoms with Crippen molar-refractivity contribution in [3.05, 3.63) is 146 Å². The molecule has 9 rings (SSSR count). The van der Waals surface area contributed by atoms with Crippen LogP contribution in [0.4, 0.5) is 0 Å². The van der Waals surface area contributed by atoms with Crippen LogP contribution in [0.15, 0.2) is 150 Å². The number of furan rings is 1. The smallest absolute Gasteiger partial charge is 0.143 e. The highest BCUT2D eigenvalue weighted by Crippen LogP contribution is 2.44. The summed E-state index contributed by atoms with van der Waals surface area (Å²) >= 11 is 0. The van der Waals surface area contributed by atoms with Crippen molar-refractivity contribution in [2.45, 2.75) is 0 Å². The lowest BCUT2D eigenvalue weighted by Gasteiger charge is -2.14. The molecule has 1 aromatic heterocycles. The van der Waals surface area contributed by atoms with Gasteiger partial charge in [-0.05, 0) is 90.3 Å². The van der Waals surface area contributed by atoms with Crippen LogP contribution in [-0.2, 0) is 0 Å². The minimum atomic E-state index is 0.920. The maximum absolute atomic E-state index is 6.72. The van der Waals surface area contributed by atoms with Crippen molar-refractivity contribution in [2.75, 3.05) is 0 Å². The molecular formula is C40H24O. The molecule has 0 saturated carbocycles. The van der Waals surface area contributed by atoms with E-state index < -0.39 is 0 Å². The van der Waals surface area contributed by atoms with E-state index in [2.05, 4.69) is 146 Å². The van der Waals surface area contributed by atoms with Crippen LogP contribution >= 0.6 is 0 Å². The summed E-state index contributed by atoms with van der Waals surface area (Å²) in [5.41, 5.74) is 6.73. The van der Waals surface area contributed by atoms with Crippen LogP contribution in [0.1, 0.15) is 0 Å². The van der Waals surface area contributed by atoms with E-state index >= 15 is 0 Å². The molecule has 0 aliphatic carbocycles. The molecule has 190 valence electrons. The summed E-state index contributed by atoms with van der Waals surface area (Å²) < 4.78 is 6.72. The van der Waals surface area contributed by atoms with E-state index in [-0.39, 0.29) is 0 Å². The SMILES string of the molecule is c1ccc(-c2ccc3c(c2)oc2c4ccc(-c5c6ccccc6cc6ccccc56)cc4c4ccccc4c32)cc1. The lowest BCUT2D eigenvalue weighted by molar-refractivity contribution is 0.673. The number of hydrogen-bond acceptors (Lipinski definition) is 1. The van der Waals surface area contributed by atoms with E-state index in [0.717, 1.165) is 27.5 Å². The number of fused-ring (bicyclic) bond motifs is 10. The molecule has 1 heteroatoms. The first-order chi connectivity index (χ1) is 20.3. The Labute approximate surface area is 236 Å². The van der Waals surface area contributed by atoms with Crippen LogP contribution in [-0.4, -0.2) is 0 Å². The molecule has 0 aliphatic rings. The van der Waals surface area contributed by atoms with E-state index in [9.17, 15) is 0 Å². The first kappa shape index (κ1) is 22.4. The molecule has 41 heavy (non-hydrogen) atoms. The van der Waals surface area contributed by atoms with Gasteiger partial charge in [0.05, 0.1) is 0 Å². The molecule has 9 aromatic rings. The normalized spacial score (nSPS) is 11.9. The lowest BCUT2D eigenvalue weighted by Crippen LogP contribution is -1.87. The summed E-state index contributed by atoms with van der Waals surface area (Å²) in [4.78, 5) is 0. The standard InChI is InChI=1S/C40H24O/c1-2-10-25(11-3-1)26-18-21-35-37(24-26)41-40-34-20-19-29(23-36(34)32-16-8-9-17-33(32)39(35)40)38-30-14-6-4-12-27(30)22-28-13-5-7-15-31(28)38/h1-24H. The van der Waals surface area contributed by atoms with Crippen molar-refractivity contribution in [3.8, 4) is 22.3 Å². The predicted molar refractivity (Wildman–Crippen MR) is 175 cm³/mol. The second-order valence-electron chi connectivity index (χ2n) is 10.9. The average molecular weight is 521 g/mol. The summed E-state index contributed by atoms with van der Waals surface area (Å²) in [5.74, 6) is 0. The van der Waals surface area contributed by atoms with Crippen molar-refractivity contribution >= 4 is 65.0 Å². The maximum atomic E-state index is 6.72. The van der Waals surface area contributed by atoms with E-state index in [1.165, 1.54) is 59.8 Å². The fraction of sp³-hybridized carbons (Fsp3) is 0. The zero-order valence-corrected chi connectivity index (χ0v) is 22.3. The Kier molecular flexibility index (Phi) is 4.67. The molecule has 0 amide bonds. The quantitative estimate of drug-likeness (QED) is 0.163. The number of rotatable bonds is 2. The van der Waals surface area contributed by atoms with Gasteiger partial charge in [0.15, 0.2) is 0 Å². The van der Waals surface area contributed by atoms with Crippen LogP contribution < -0.4 is 0 Å². The Hall–Kier alpha value is -5.40. The van der Waals surface area contributed by atoms with Gasteiger partial charge in [0.1, 0.15) is 11.2 Å². The van der Waals surface area contributed by atoms with Gasteiger partial charge < -0.3 is 4.42 Å². The van der Waals surface area contributed by atoms with Gasteiger partial charge in [-0.2, -0.15) is 0 Å².